The van der Waals surface area contributed by atoms with Crippen molar-refractivity contribution in [3.63, 3.8) is 0 Å². The van der Waals surface area contributed by atoms with Gasteiger partial charge < -0.3 is 5.32 Å². The first-order valence-electron chi connectivity index (χ1n) is 6.62. The predicted molar refractivity (Wildman–Crippen MR) is 85.6 cm³/mol. The summed E-state index contributed by atoms with van der Waals surface area (Å²) in [4.78, 5) is 17.4. The molecule has 1 unspecified atom stereocenters. The largest absolute Gasteiger partial charge is 0.347 e. The van der Waals surface area contributed by atoms with E-state index in [1.807, 2.05) is 12.3 Å². The topological polar surface area (TPSA) is 79.4 Å². The first-order valence-corrected chi connectivity index (χ1v) is 9.82. The molecule has 1 amide bonds. The number of sulfonamides is 1. The molecule has 0 aromatic carbocycles. The lowest BCUT2D eigenvalue weighted by molar-refractivity contribution is -0.121. The number of hydrogen-bond acceptors (Lipinski definition) is 6. The number of thiophene rings is 1. The zero-order valence-corrected chi connectivity index (χ0v) is 14.5. The maximum atomic E-state index is 12.2. The number of carbonyl (C=O) groups excluding carboxylic acids is 1. The van der Waals surface area contributed by atoms with Crippen molar-refractivity contribution in [2.24, 2.45) is 0 Å². The molecule has 0 saturated heterocycles. The third-order valence-electron chi connectivity index (χ3n) is 3.45. The number of aromatic nitrogens is 1. The number of aryl methyl sites for hydroxylation is 1. The molecule has 3 heterocycles. The number of amides is 1. The second-order valence-electron chi connectivity index (χ2n) is 5.09. The van der Waals surface area contributed by atoms with Gasteiger partial charge in [0.25, 0.3) is 0 Å². The molecule has 1 N–H and O–H groups in total. The number of nitrogens with one attached hydrogen (secondary N) is 1. The number of nitrogens with zero attached hydrogens (tertiary/aromatic N) is 2. The van der Waals surface area contributed by atoms with Crippen LogP contribution < -0.4 is 5.32 Å². The summed E-state index contributed by atoms with van der Waals surface area (Å²) in [7, 11) is -1.89. The van der Waals surface area contributed by atoms with Crippen LogP contribution in [-0.2, 0) is 21.2 Å². The minimum atomic E-state index is -3.42. The summed E-state index contributed by atoms with van der Waals surface area (Å²) in [6.07, 6.45) is 0.206. The van der Waals surface area contributed by atoms with Crippen LogP contribution in [-0.4, -0.2) is 37.2 Å². The molecule has 22 heavy (non-hydrogen) atoms. The highest BCUT2D eigenvalue weighted by Gasteiger charge is 2.36. The summed E-state index contributed by atoms with van der Waals surface area (Å²) in [5.74, 6) is -0.151. The summed E-state index contributed by atoms with van der Waals surface area (Å²) in [6, 6.07) is 1.28. The van der Waals surface area contributed by atoms with Crippen molar-refractivity contribution in [1.82, 2.24) is 14.6 Å². The first kappa shape index (κ1) is 15.6. The molecule has 0 radical (unpaired) electrons. The van der Waals surface area contributed by atoms with E-state index in [1.54, 1.807) is 11.4 Å². The lowest BCUT2D eigenvalue weighted by atomic mass is 10.2. The van der Waals surface area contributed by atoms with Crippen LogP contribution >= 0.6 is 22.7 Å². The molecule has 2 aromatic rings. The minimum absolute atomic E-state index is 0.151. The Morgan fingerprint density at radius 3 is 2.95 bits per heavy atom. The summed E-state index contributed by atoms with van der Waals surface area (Å²) in [5.41, 5.74) is 0.739. The number of rotatable bonds is 3. The lowest BCUT2D eigenvalue weighted by Crippen LogP contribution is -2.43. The van der Waals surface area contributed by atoms with Crippen molar-refractivity contribution in [3.05, 3.63) is 32.4 Å². The van der Waals surface area contributed by atoms with E-state index in [-0.39, 0.29) is 24.9 Å². The van der Waals surface area contributed by atoms with Crippen molar-refractivity contribution < 1.29 is 13.2 Å². The van der Waals surface area contributed by atoms with Gasteiger partial charge in [0.05, 0.1) is 28.1 Å². The third-order valence-corrected chi connectivity index (χ3v) is 7.31. The highest BCUT2D eigenvalue weighted by Crippen LogP contribution is 2.35. The molecule has 118 valence electrons. The van der Waals surface area contributed by atoms with Gasteiger partial charge in [0.15, 0.2) is 0 Å². The Hall–Kier alpha value is -1.29. The second-order valence-corrected chi connectivity index (χ2v) is 9.11. The molecule has 1 aliphatic heterocycles. The van der Waals surface area contributed by atoms with Crippen molar-refractivity contribution in [3.8, 4) is 0 Å². The fourth-order valence-electron chi connectivity index (χ4n) is 2.39. The van der Waals surface area contributed by atoms with Crippen LogP contribution in [0.15, 0.2) is 21.7 Å². The number of fused-ring (bicyclic) bond motifs is 1. The number of hydrogen-bond donors (Lipinski definition) is 1. The smallest absolute Gasteiger partial charge is 0.244 e. The number of carbonyl (C=O) groups is 1. The highest BCUT2D eigenvalue weighted by atomic mass is 32.2. The van der Waals surface area contributed by atoms with Gasteiger partial charge in [-0.3, -0.25) is 4.79 Å². The average Bonchev–Trinajstić information content (AvgIpc) is 3.06. The average molecular weight is 357 g/mol. The van der Waals surface area contributed by atoms with Crippen molar-refractivity contribution in [2.75, 3.05) is 13.6 Å². The Kier molecular flexibility index (Phi) is 4.06. The van der Waals surface area contributed by atoms with Crippen LogP contribution in [0, 0.1) is 6.92 Å². The SMILES string of the molecule is Cc1nc(CC(=O)NC2CN(C)S(=O)(=O)c3ccsc32)cs1. The van der Waals surface area contributed by atoms with E-state index in [4.69, 9.17) is 0 Å². The zero-order valence-electron chi connectivity index (χ0n) is 12.1. The van der Waals surface area contributed by atoms with E-state index in [0.29, 0.717) is 9.77 Å². The van der Waals surface area contributed by atoms with Gasteiger partial charge in [0, 0.05) is 23.8 Å². The minimum Gasteiger partial charge on any atom is -0.347 e. The van der Waals surface area contributed by atoms with Gasteiger partial charge in [-0.1, -0.05) is 0 Å². The van der Waals surface area contributed by atoms with E-state index in [9.17, 15) is 13.2 Å². The van der Waals surface area contributed by atoms with Crippen molar-refractivity contribution in [1.29, 1.82) is 0 Å². The Bertz CT molecular complexity index is 809. The molecule has 0 bridgehead atoms. The molecule has 3 rings (SSSR count). The van der Waals surface area contributed by atoms with E-state index in [1.165, 1.54) is 34.0 Å². The quantitative estimate of drug-likeness (QED) is 0.904. The normalized spacial score (nSPS) is 20.5. The molecule has 0 spiro atoms. The van der Waals surface area contributed by atoms with E-state index < -0.39 is 10.0 Å². The third kappa shape index (κ3) is 2.81. The molecule has 6 nitrogen and oxygen atoms in total. The maximum Gasteiger partial charge on any atom is 0.244 e. The summed E-state index contributed by atoms with van der Waals surface area (Å²) in [5, 5.41) is 7.44. The second kappa shape index (κ2) is 5.73. The predicted octanol–water partition coefficient (Wildman–Crippen LogP) is 1.55. The van der Waals surface area contributed by atoms with E-state index >= 15 is 0 Å². The highest BCUT2D eigenvalue weighted by molar-refractivity contribution is 7.89. The summed E-state index contributed by atoms with van der Waals surface area (Å²) >= 11 is 2.86. The standard InChI is InChI=1S/C13H15N3O3S3/c1-8-14-9(7-21-8)5-12(17)15-10-6-16(2)22(18,19)11-3-4-20-13(10)11/h3-4,7,10H,5-6H2,1-2H3,(H,15,17). The van der Waals surface area contributed by atoms with Crippen LogP contribution in [0.25, 0.3) is 0 Å². The molecule has 0 aliphatic carbocycles. The fourth-order valence-corrected chi connectivity index (χ4v) is 5.70. The summed E-state index contributed by atoms with van der Waals surface area (Å²) < 4.78 is 25.7. The van der Waals surface area contributed by atoms with E-state index in [2.05, 4.69) is 10.3 Å². The molecule has 0 fully saturated rings. The van der Waals surface area contributed by atoms with Crippen LogP contribution in [0.2, 0.25) is 0 Å². The van der Waals surface area contributed by atoms with Crippen LogP contribution in [0.3, 0.4) is 0 Å². The van der Waals surface area contributed by atoms with Gasteiger partial charge in [0.1, 0.15) is 0 Å². The van der Waals surface area contributed by atoms with Gasteiger partial charge in [0.2, 0.25) is 15.9 Å². The number of thiazole rings is 1. The van der Waals surface area contributed by atoms with Crippen LogP contribution in [0.4, 0.5) is 0 Å². The Balaban J connectivity index is 1.77. The van der Waals surface area contributed by atoms with Gasteiger partial charge in [-0.15, -0.1) is 22.7 Å². The summed E-state index contributed by atoms with van der Waals surface area (Å²) in [6.45, 7) is 2.14. The lowest BCUT2D eigenvalue weighted by Gasteiger charge is -2.29. The Morgan fingerprint density at radius 2 is 2.27 bits per heavy atom. The van der Waals surface area contributed by atoms with Crippen molar-refractivity contribution >= 4 is 38.6 Å². The van der Waals surface area contributed by atoms with Crippen molar-refractivity contribution in [2.45, 2.75) is 24.3 Å². The number of likely N-dealkylation sites (N-methyl/N-ethyl adjacent to an activating group) is 1. The molecule has 0 saturated carbocycles. The van der Waals surface area contributed by atoms with Gasteiger partial charge in [-0.25, -0.2) is 13.4 Å². The van der Waals surface area contributed by atoms with Gasteiger partial charge in [-0.05, 0) is 18.4 Å². The molecule has 2 aromatic heterocycles. The Labute approximate surface area is 136 Å². The van der Waals surface area contributed by atoms with E-state index in [0.717, 1.165) is 10.7 Å². The Morgan fingerprint density at radius 1 is 1.50 bits per heavy atom. The zero-order chi connectivity index (χ0) is 15.9. The van der Waals surface area contributed by atoms with Crippen LogP contribution in [0.1, 0.15) is 21.6 Å². The molecule has 1 aliphatic rings. The molecular weight excluding hydrogens is 342 g/mol. The van der Waals surface area contributed by atoms with Gasteiger partial charge >= 0.3 is 0 Å². The first-order chi connectivity index (χ1) is 10.4. The molecular formula is C13H15N3O3S3. The van der Waals surface area contributed by atoms with Crippen LogP contribution in [0.5, 0.6) is 0 Å². The molecule has 1 atom stereocenters. The maximum absolute atomic E-state index is 12.2. The van der Waals surface area contributed by atoms with Gasteiger partial charge in [-0.2, -0.15) is 4.31 Å². The fraction of sp³-hybridized carbons (Fsp3) is 0.385. The monoisotopic (exact) mass is 357 g/mol. The molecule has 9 heteroatoms.